The van der Waals surface area contributed by atoms with Gasteiger partial charge in [0.15, 0.2) is 11.6 Å². The molecule has 1 aliphatic rings. The van der Waals surface area contributed by atoms with Crippen LogP contribution >= 0.6 is 0 Å². The second-order valence-corrected chi connectivity index (χ2v) is 6.07. The number of nitrogens with zero attached hydrogens (tertiary/aromatic N) is 4. The lowest BCUT2D eigenvalue weighted by Gasteiger charge is -2.14. The summed E-state index contributed by atoms with van der Waals surface area (Å²) in [5.41, 5.74) is 1.50. The lowest BCUT2D eigenvalue weighted by Crippen LogP contribution is -2.19. The smallest absolute Gasteiger partial charge is 0.381 e. The third-order valence-corrected chi connectivity index (χ3v) is 3.93. The van der Waals surface area contributed by atoms with Crippen molar-refractivity contribution in [2.24, 2.45) is 0 Å². The van der Waals surface area contributed by atoms with E-state index in [1.807, 2.05) is 31.1 Å². The molecule has 1 aromatic heterocycles. The van der Waals surface area contributed by atoms with E-state index in [0.717, 1.165) is 16.8 Å². The molecule has 1 aromatic carbocycles. The summed E-state index contributed by atoms with van der Waals surface area (Å²) in [6.45, 7) is -0.119. The van der Waals surface area contributed by atoms with Crippen LogP contribution < -0.4 is 4.90 Å². The predicted molar refractivity (Wildman–Crippen MR) is 84.0 cm³/mol. The van der Waals surface area contributed by atoms with Gasteiger partial charge in [0.2, 0.25) is 0 Å². The number of aromatic nitrogens is 3. The van der Waals surface area contributed by atoms with E-state index < -0.39 is 12.7 Å². The number of rotatable bonds is 4. The monoisotopic (exact) mass is 340 g/mol. The van der Waals surface area contributed by atoms with Gasteiger partial charge in [0.25, 0.3) is 0 Å². The van der Waals surface area contributed by atoms with Crippen molar-refractivity contribution < 1.29 is 17.9 Å². The van der Waals surface area contributed by atoms with E-state index in [2.05, 4.69) is 10.1 Å². The number of hydrogen-bond acceptors (Lipinski definition) is 4. The molecule has 0 unspecified atom stereocenters. The minimum Gasteiger partial charge on any atom is -0.381 e. The van der Waals surface area contributed by atoms with Gasteiger partial charge in [-0.25, -0.2) is 9.67 Å². The minimum atomic E-state index is -4.36. The average molecular weight is 340 g/mol. The Labute approximate surface area is 138 Å². The molecule has 1 atom stereocenters. The highest BCUT2D eigenvalue weighted by atomic mass is 19.4. The number of alkyl halides is 3. The number of benzene rings is 1. The van der Waals surface area contributed by atoms with Gasteiger partial charge in [0, 0.05) is 37.9 Å². The Bertz CT molecular complexity index is 706. The van der Waals surface area contributed by atoms with E-state index in [0.29, 0.717) is 24.6 Å². The van der Waals surface area contributed by atoms with Gasteiger partial charge in [-0.05, 0) is 18.6 Å². The van der Waals surface area contributed by atoms with Crippen LogP contribution in [0, 0.1) is 0 Å². The van der Waals surface area contributed by atoms with Gasteiger partial charge in [-0.15, -0.1) is 0 Å². The molecule has 2 heterocycles. The van der Waals surface area contributed by atoms with E-state index in [1.165, 1.54) is 0 Å². The van der Waals surface area contributed by atoms with E-state index in [9.17, 15) is 13.2 Å². The topological polar surface area (TPSA) is 43.2 Å². The van der Waals surface area contributed by atoms with E-state index in [-0.39, 0.29) is 11.7 Å². The van der Waals surface area contributed by atoms with Crippen molar-refractivity contribution in [1.29, 1.82) is 0 Å². The summed E-state index contributed by atoms with van der Waals surface area (Å²) in [7, 11) is 3.75. The van der Waals surface area contributed by atoms with Crippen LogP contribution in [0.25, 0.3) is 11.4 Å². The van der Waals surface area contributed by atoms with Gasteiger partial charge in [-0.3, -0.25) is 0 Å². The number of ether oxygens (including phenoxy) is 1. The summed E-state index contributed by atoms with van der Waals surface area (Å²) in [5.74, 6) is 0.607. The number of halogens is 3. The quantitative estimate of drug-likeness (QED) is 0.858. The molecular formula is C16H19F3N4O. The molecule has 0 saturated carbocycles. The first-order valence-corrected chi connectivity index (χ1v) is 7.70. The molecule has 0 amide bonds. The van der Waals surface area contributed by atoms with Crippen LogP contribution in [0.5, 0.6) is 0 Å². The average Bonchev–Trinajstić information content (AvgIpc) is 3.15. The first-order chi connectivity index (χ1) is 11.3. The maximum Gasteiger partial charge on any atom is 0.408 e. The first kappa shape index (κ1) is 16.8. The van der Waals surface area contributed by atoms with Crippen molar-refractivity contribution >= 4 is 5.69 Å². The Balaban J connectivity index is 2.02. The van der Waals surface area contributed by atoms with Crippen LogP contribution in [0.2, 0.25) is 0 Å². The van der Waals surface area contributed by atoms with Crippen LogP contribution in [0.3, 0.4) is 0 Å². The maximum atomic E-state index is 12.9. The molecule has 24 heavy (non-hydrogen) atoms. The molecule has 130 valence electrons. The lowest BCUT2D eigenvalue weighted by molar-refractivity contribution is -0.142. The summed E-state index contributed by atoms with van der Waals surface area (Å²) in [6.07, 6.45) is -3.63. The second-order valence-electron chi connectivity index (χ2n) is 6.07. The van der Waals surface area contributed by atoms with Gasteiger partial charge in [-0.2, -0.15) is 18.3 Å². The van der Waals surface area contributed by atoms with Crippen LogP contribution in [0.4, 0.5) is 18.9 Å². The van der Waals surface area contributed by atoms with Crippen molar-refractivity contribution in [2.75, 3.05) is 32.2 Å². The van der Waals surface area contributed by atoms with Gasteiger partial charge in [0.05, 0.1) is 6.61 Å². The third-order valence-electron chi connectivity index (χ3n) is 3.93. The van der Waals surface area contributed by atoms with Crippen LogP contribution in [-0.2, 0) is 11.3 Å². The Kier molecular flexibility index (Phi) is 4.49. The minimum absolute atomic E-state index is 0.0461. The van der Waals surface area contributed by atoms with Crippen molar-refractivity contribution in [2.45, 2.75) is 25.1 Å². The van der Waals surface area contributed by atoms with E-state index >= 15 is 0 Å². The summed E-state index contributed by atoms with van der Waals surface area (Å²) < 4.78 is 45.0. The molecule has 0 bridgehead atoms. The van der Waals surface area contributed by atoms with Crippen molar-refractivity contribution in [3.8, 4) is 11.4 Å². The van der Waals surface area contributed by atoms with Gasteiger partial charge >= 0.3 is 6.18 Å². The zero-order valence-electron chi connectivity index (χ0n) is 13.5. The van der Waals surface area contributed by atoms with Crippen molar-refractivity contribution in [3.05, 3.63) is 30.1 Å². The normalized spacial score (nSPS) is 18.1. The first-order valence-electron chi connectivity index (χ1n) is 7.70. The molecule has 8 heteroatoms. The second kappa shape index (κ2) is 6.43. The molecule has 1 fully saturated rings. The highest BCUT2D eigenvalue weighted by Crippen LogP contribution is 2.29. The maximum absolute atomic E-state index is 12.9. The number of anilines is 1. The third kappa shape index (κ3) is 3.69. The van der Waals surface area contributed by atoms with E-state index in [4.69, 9.17) is 4.74 Å². The van der Waals surface area contributed by atoms with Crippen LogP contribution in [0.1, 0.15) is 18.2 Å². The Morgan fingerprint density at radius 2 is 2.12 bits per heavy atom. The largest absolute Gasteiger partial charge is 0.408 e. The Morgan fingerprint density at radius 3 is 2.75 bits per heavy atom. The molecular weight excluding hydrogens is 321 g/mol. The molecule has 0 radical (unpaired) electrons. The molecule has 0 aliphatic carbocycles. The fraction of sp³-hybridized carbons (Fsp3) is 0.500. The summed E-state index contributed by atoms with van der Waals surface area (Å²) >= 11 is 0. The van der Waals surface area contributed by atoms with Gasteiger partial charge in [0.1, 0.15) is 6.54 Å². The zero-order valence-corrected chi connectivity index (χ0v) is 13.5. The fourth-order valence-electron chi connectivity index (χ4n) is 2.69. The highest BCUT2D eigenvalue weighted by molar-refractivity contribution is 5.63. The van der Waals surface area contributed by atoms with Crippen LogP contribution in [0.15, 0.2) is 24.3 Å². The summed E-state index contributed by atoms with van der Waals surface area (Å²) in [5, 5.41) is 4.12. The van der Waals surface area contributed by atoms with Crippen molar-refractivity contribution in [1.82, 2.24) is 14.8 Å². The fourth-order valence-corrected chi connectivity index (χ4v) is 2.69. The summed E-state index contributed by atoms with van der Waals surface area (Å²) in [4.78, 5) is 6.29. The van der Waals surface area contributed by atoms with Gasteiger partial charge in [-0.1, -0.05) is 12.1 Å². The van der Waals surface area contributed by atoms with Crippen molar-refractivity contribution in [3.63, 3.8) is 0 Å². The molecule has 0 spiro atoms. The molecule has 1 aliphatic heterocycles. The van der Waals surface area contributed by atoms with Gasteiger partial charge < -0.3 is 9.64 Å². The van der Waals surface area contributed by atoms with Crippen LogP contribution in [-0.4, -0.2) is 48.2 Å². The number of hydrogen-bond donors (Lipinski definition) is 0. The molecule has 5 nitrogen and oxygen atoms in total. The summed E-state index contributed by atoms with van der Waals surface area (Å²) in [6, 6.07) is 7.25. The zero-order chi connectivity index (χ0) is 17.3. The lowest BCUT2D eigenvalue weighted by atomic mass is 10.1. The predicted octanol–water partition coefficient (Wildman–Crippen LogP) is 3.08. The highest BCUT2D eigenvalue weighted by Gasteiger charge is 2.32. The molecule has 0 N–H and O–H groups in total. The molecule has 3 rings (SSSR count). The molecule has 1 saturated heterocycles. The Morgan fingerprint density at radius 1 is 1.33 bits per heavy atom. The van der Waals surface area contributed by atoms with E-state index in [1.54, 1.807) is 12.1 Å². The Hall–Kier alpha value is -2.09. The SMILES string of the molecule is CN(C)c1cccc(-c2nc([C@H]3CCOC3)nn2CC(F)(F)F)c1. The standard InChI is InChI=1S/C16H19F3N4O/c1-22(2)13-5-3-4-11(8-13)15-20-14(12-6-7-24-9-12)21-23(15)10-16(17,18)19/h3-5,8,12H,6-7,9-10H2,1-2H3/t12-/m0/s1. The molecule has 2 aromatic rings.